The molecule has 114 valence electrons. The normalized spacial score (nSPS) is 26.8. The molecule has 0 unspecified atom stereocenters. The number of benzene rings is 2. The van der Waals surface area contributed by atoms with Crippen molar-refractivity contribution in [1.29, 1.82) is 0 Å². The molecule has 3 atom stereocenters. The third-order valence-electron chi connectivity index (χ3n) is 4.59. The molecule has 0 spiro atoms. The van der Waals surface area contributed by atoms with Crippen LogP contribution in [-0.2, 0) is 0 Å². The van der Waals surface area contributed by atoms with E-state index in [-0.39, 0.29) is 6.04 Å². The molecule has 2 aromatic carbocycles. The molecule has 0 amide bonds. The van der Waals surface area contributed by atoms with Crippen LogP contribution >= 0.6 is 0 Å². The summed E-state index contributed by atoms with van der Waals surface area (Å²) >= 11 is 0. The van der Waals surface area contributed by atoms with Crippen LogP contribution in [0.15, 0.2) is 48.5 Å². The molecule has 22 heavy (non-hydrogen) atoms. The largest absolute Gasteiger partial charge is 0.453 e. The maximum Gasteiger partial charge on any atom is 0.151 e. The molecule has 2 aliphatic rings. The number of nitrogens with zero attached hydrogens (tertiary/aromatic N) is 1. The van der Waals surface area contributed by atoms with Crippen molar-refractivity contribution < 1.29 is 14.9 Å². The molecule has 0 saturated heterocycles. The molecular weight excluding hydrogens is 278 g/mol. The van der Waals surface area contributed by atoms with E-state index in [2.05, 4.69) is 4.90 Å². The predicted octanol–water partition coefficient (Wildman–Crippen LogP) is 3.20. The van der Waals surface area contributed by atoms with Crippen LogP contribution in [0.25, 0.3) is 0 Å². The highest BCUT2D eigenvalue weighted by atomic mass is 16.5. The number of aliphatic hydroxyl groups is 2. The Balaban J connectivity index is 1.84. The van der Waals surface area contributed by atoms with Gasteiger partial charge in [-0.15, -0.1) is 0 Å². The van der Waals surface area contributed by atoms with Gasteiger partial charge in [0, 0.05) is 0 Å². The minimum Gasteiger partial charge on any atom is -0.453 e. The molecule has 1 heterocycles. The van der Waals surface area contributed by atoms with E-state index < -0.39 is 12.2 Å². The van der Waals surface area contributed by atoms with Crippen molar-refractivity contribution in [1.82, 2.24) is 0 Å². The van der Waals surface area contributed by atoms with Gasteiger partial charge < -0.3 is 19.8 Å². The fraction of sp³-hybridized carbons (Fsp3) is 0.333. The first kappa shape index (κ1) is 13.6. The highest BCUT2D eigenvalue weighted by molar-refractivity contribution is 5.78. The molecule has 0 radical (unpaired) electrons. The Morgan fingerprint density at radius 2 is 1.45 bits per heavy atom. The number of ether oxygens (including phenoxy) is 1. The third kappa shape index (κ3) is 2.07. The number of para-hydroxylation sites is 4. The molecule has 4 nitrogen and oxygen atoms in total. The summed E-state index contributed by atoms with van der Waals surface area (Å²) in [5.41, 5.74) is 1.89. The zero-order chi connectivity index (χ0) is 15.1. The molecule has 4 rings (SSSR count). The summed E-state index contributed by atoms with van der Waals surface area (Å²) in [7, 11) is 0. The van der Waals surface area contributed by atoms with Crippen molar-refractivity contribution in [3.05, 3.63) is 48.5 Å². The Labute approximate surface area is 129 Å². The average Bonchev–Trinajstić information content (AvgIpc) is 2.55. The number of fused-ring (bicyclic) bond motifs is 2. The fourth-order valence-corrected chi connectivity index (χ4v) is 3.51. The summed E-state index contributed by atoms with van der Waals surface area (Å²) in [5, 5.41) is 20.6. The van der Waals surface area contributed by atoms with Gasteiger partial charge in [0.25, 0.3) is 0 Å². The predicted molar refractivity (Wildman–Crippen MR) is 84.7 cm³/mol. The van der Waals surface area contributed by atoms with Crippen LogP contribution in [0.5, 0.6) is 11.5 Å². The summed E-state index contributed by atoms with van der Waals surface area (Å²) in [6.45, 7) is 0. The molecule has 2 N–H and O–H groups in total. The van der Waals surface area contributed by atoms with Gasteiger partial charge in [-0.25, -0.2) is 0 Å². The average molecular weight is 297 g/mol. The standard InChI is InChI=1S/C18H19NO3/c20-15-9-5-8-14(18(15)21)19-12-6-1-3-10-16(12)22-17-11-4-2-7-13(17)19/h1-4,6-7,10-11,14-15,18,20-21H,5,8-9H2/t14-,15-,18+/m1/s1. The minimum atomic E-state index is -0.757. The first-order chi connectivity index (χ1) is 10.8. The summed E-state index contributed by atoms with van der Waals surface area (Å²) < 4.78 is 5.97. The van der Waals surface area contributed by atoms with Gasteiger partial charge in [0.1, 0.15) is 6.10 Å². The topological polar surface area (TPSA) is 52.9 Å². The zero-order valence-electron chi connectivity index (χ0n) is 12.2. The van der Waals surface area contributed by atoms with Crippen LogP contribution in [0.3, 0.4) is 0 Å². The van der Waals surface area contributed by atoms with Crippen molar-refractivity contribution in [2.24, 2.45) is 0 Å². The van der Waals surface area contributed by atoms with Crippen molar-refractivity contribution in [3.8, 4) is 11.5 Å². The van der Waals surface area contributed by atoms with Crippen LogP contribution in [0, 0.1) is 0 Å². The van der Waals surface area contributed by atoms with E-state index in [9.17, 15) is 10.2 Å². The Morgan fingerprint density at radius 3 is 2.09 bits per heavy atom. The van der Waals surface area contributed by atoms with E-state index in [1.165, 1.54) is 0 Å². The highest BCUT2D eigenvalue weighted by Crippen LogP contribution is 2.48. The maximum absolute atomic E-state index is 10.5. The SMILES string of the molecule is O[C@@H]1[C@H](O)CCC[C@H]1N1c2ccccc2Oc2ccccc21. The second kappa shape index (κ2) is 5.30. The van der Waals surface area contributed by atoms with Crippen LogP contribution in [-0.4, -0.2) is 28.5 Å². The van der Waals surface area contributed by atoms with E-state index in [0.29, 0.717) is 6.42 Å². The summed E-state index contributed by atoms with van der Waals surface area (Å²) in [5.74, 6) is 1.57. The Bertz CT molecular complexity index is 642. The number of rotatable bonds is 1. The number of hydrogen-bond donors (Lipinski definition) is 2. The molecule has 1 aliphatic heterocycles. The number of aliphatic hydroxyl groups excluding tert-OH is 2. The van der Waals surface area contributed by atoms with Crippen LogP contribution < -0.4 is 9.64 Å². The molecule has 2 aromatic rings. The number of hydrogen-bond acceptors (Lipinski definition) is 4. The van der Waals surface area contributed by atoms with E-state index >= 15 is 0 Å². The minimum absolute atomic E-state index is 0.144. The van der Waals surface area contributed by atoms with E-state index in [1.54, 1.807) is 0 Å². The summed E-state index contributed by atoms with van der Waals surface area (Å²) in [4.78, 5) is 2.13. The quantitative estimate of drug-likeness (QED) is 0.848. The molecule has 1 aliphatic carbocycles. The van der Waals surface area contributed by atoms with E-state index in [1.807, 2.05) is 48.5 Å². The van der Waals surface area contributed by atoms with Gasteiger partial charge in [0.15, 0.2) is 11.5 Å². The van der Waals surface area contributed by atoms with E-state index in [4.69, 9.17) is 4.74 Å². The Hall–Kier alpha value is -2.04. The second-order valence-electron chi connectivity index (χ2n) is 5.96. The fourth-order valence-electron chi connectivity index (χ4n) is 3.51. The Morgan fingerprint density at radius 1 is 0.864 bits per heavy atom. The molecule has 1 saturated carbocycles. The van der Waals surface area contributed by atoms with Gasteiger partial charge in [0.05, 0.1) is 23.5 Å². The van der Waals surface area contributed by atoms with Gasteiger partial charge in [-0.2, -0.15) is 0 Å². The monoisotopic (exact) mass is 297 g/mol. The lowest BCUT2D eigenvalue weighted by Gasteiger charge is -2.43. The smallest absolute Gasteiger partial charge is 0.151 e. The van der Waals surface area contributed by atoms with Crippen LogP contribution in [0.1, 0.15) is 19.3 Å². The highest BCUT2D eigenvalue weighted by Gasteiger charge is 2.38. The van der Waals surface area contributed by atoms with Gasteiger partial charge >= 0.3 is 0 Å². The van der Waals surface area contributed by atoms with Gasteiger partial charge in [-0.05, 0) is 43.5 Å². The zero-order valence-corrected chi connectivity index (χ0v) is 12.2. The molecule has 0 bridgehead atoms. The first-order valence-electron chi connectivity index (χ1n) is 7.77. The molecule has 4 heteroatoms. The lowest BCUT2D eigenvalue weighted by molar-refractivity contribution is -0.0206. The number of anilines is 2. The Kier molecular flexibility index (Phi) is 3.28. The van der Waals surface area contributed by atoms with Crippen molar-refractivity contribution in [2.45, 2.75) is 37.5 Å². The van der Waals surface area contributed by atoms with E-state index in [0.717, 1.165) is 35.7 Å². The lowest BCUT2D eigenvalue weighted by Crippen LogP contribution is -2.50. The second-order valence-corrected chi connectivity index (χ2v) is 5.96. The van der Waals surface area contributed by atoms with Crippen LogP contribution in [0.2, 0.25) is 0 Å². The van der Waals surface area contributed by atoms with Crippen molar-refractivity contribution >= 4 is 11.4 Å². The van der Waals surface area contributed by atoms with Crippen LogP contribution in [0.4, 0.5) is 11.4 Å². The van der Waals surface area contributed by atoms with Crippen molar-refractivity contribution in [2.75, 3.05) is 4.90 Å². The third-order valence-corrected chi connectivity index (χ3v) is 4.59. The maximum atomic E-state index is 10.5. The van der Waals surface area contributed by atoms with Gasteiger partial charge in [-0.3, -0.25) is 0 Å². The summed E-state index contributed by atoms with van der Waals surface area (Å²) in [6, 6.07) is 15.5. The molecular formula is C18H19NO3. The molecule has 0 aromatic heterocycles. The molecule has 1 fully saturated rings. The first-order valence-corrected chi connectivity index (χ1v) is 7.77. The van der Waals surface area contributed by atoms with Crippen molar-refractivity contribution in [3.63, 3.8) is 0 Å². The van der Waals surface area contributed by atoms with Gasteiger partial charge in [-0.1, -0.05) is 24.3 Å². The summed E-state index contributed by atoms with van der Waals surface area (Å²) in [6.07, 6.45) is 0.991. The lowest BCUT2D eigenvalue weighted by atomic mass is 9.88. The van der Waals surface area contributed by atoms with Gasteiger partial charge in [0.2, 0.25) is 0 Å².